The van der Waals surface area contributed by atoms with Gasteiger partial charge >= 0.3 is 0 Å². The third kappa shape index (κ3) is 4.35. The molecule has 0 N–H and O–H groups in total. The number of hydrazone groups is 1. The Hall–Kier alpha value is -3.60. The van der Waals surface area contributed by atoms with Crippen molar-refractivity contribution in [1.82, 2.24) is 0 Å². The summed E-state index contributed by atoms with van der Waals surface area (Å²) in [6, 6.07) is 22.3. The lowest BCUT2D eigenvalue weighted by atomic mass is 10.0. The second-order valence-corrected chi connectivity index (χ2v) is 7.01. The molecule has 0 spiro atoms. The quantitative estimate of drug-likeness (QED) is 0.518. The first-order valence-electron chi connectivity index (χ1n) is 9.74. The van der Waals surface area contributed by atoms with Crippen molar-refractivity contribution in [2.45, 2.75) is 12.5 Å². The summed E-state index contributed by atoms with van der Waals surface area (Å²) in [5.74, 6) is 1.38. The van der Waals surface area contributed by atoms with Crippen molar-refractivity contribution in [3.63, 3.8) is 0 Å². The largest absolute Gasteiger partial charge is 0.497 e. The molecule has 1 aliphatic rings. The average molecular weight is 402 g/mol. The van der Waals surface area contributed by atoms with Crippen molar-refractivity contribution in [3.8, 4) is 11.5 Å². The number of halogens is 1. The Morgan fingerprint density at radius 2 is 1.43 bits per heavy atom. The van der Waals surface area contributed by atoms with E-state index in [9.17, 15) is 4.39 Å². The van der Waals surface area contributed by atoms with E-state index in [-0.39, 0.29) is 11.9 Å². The molecule has 0 fully saturated rings. The maximum atomic E-state index is 13.4. The fraction of sp³-hybridized carbons (Fsp3) is 0.160. The van der Waals surface area contributed by atoms with Crippen molar-refractivity contribution in [2.75, 3.05) is 19.2 Å². The smallest absolute Gasteiger partial charge is 0.123 e. The summed E-state index contributed by atoms with van der Waals surface area (Å²) in [7, 11) is 3.31. The number of allylic oxidation sites excluding steroid dienone is 1. The number of ether oxygens (including phenoxy) is 2. The molecule has 4 nitrogen and oxygen atoms in total. The molecule has 30 heavy (non-hydrogen) atoms. The molecule has 4 rings (SSSR count). The van der Waals surface area contributed by atoms with E-state index in [0.29, 0.717) is 0 Å². The molecule has 3 aromatic rings. The predicted molar refractivity (Wildman–Crippen MR) is 119 cm³/mol. The number of hydrogen-bond acceptors (Lipinski definition) is 4. The highest BCUT2D eigenvalue weighted by molar-refractivity contribution is 6.01. The Morgan fingerprint density at radius 3 is 2.03 bits per heavy atom. The zero-order valence-electron chi connectivity index (χ0n) is 17.0. The molecule has 3 aromatic carbocycles. The summed E-state index contributed by atoms with van der Waals surface area (Å²) in [5, 5.41) is 6.78. The van der Waals surface area contributed by atoms with Crippen LogP contribution in [0.3, 0.4) is 0 Å². The molecular formula is C25H23FN2O2. The van der Waals surface area contributed by atoms with Crippen molar-refractivity contribution < 1.29 is 13.9 Å². The van der Waals surface area contributed by atoms with Crippen molar-refractivity contribution >= 4 is 17.5 Å². The molecular weight excluding hydrogens is 379 g/mol. The van der Waals surface area contributed by atoms with Crippen LogP contribution in [0, 0.1) is 5.82 Å². The molecule has 0 aromatic heterocycles. The second-order valence-electron chi connectivity index (χ2n) is 7.01. The van der Waals surface area contributed by atoms with Crippen molar-refractivity contribution in [1.29, 1.82) is 0 Å². The van der Waals surface area contributed by atoms with Gasteiger partial charge < -0.3 is 9.47 Å². The van der Waals surface area contributed by atoms with Gasteiger partial charge in [0.2, 0.25) is 0 Å². The van der Waals surface area contributed by atoms with Gasteiger partial charge in [0.15, 0.2) is 0 Å². The van der Waals surface area contributed by atoms with E-state index in [0.717, 1.165) is 40.4 Å². The van der Waals surface area contributed by atoms with Crippen molar-refractivity contribution in [3.05, 3.63) is 95.8 Å². The molecule has 1 aliphatic heterocycles. The topological polar surface area (TPSA) is 34.1 Å². The molecule has 0 amide bonds. The fourth-order valence-electron chi connectivity index (χ4n) is 3.46. The second kappa shape index (κ2) is 8.82. The van der Waals surface area contributed by atoms with Gasteiger partial charge in [0.25, 0.3) is 0 Å². The van der Waals surface area contributed by atoms with Crippen LogP contribution >= 0.6 is 0 Å². The van der Waals surface area contributed by atoms with Crippen molar-refractivity contribution in [2.24, 2.45) is 5.10 Å². The first-order valence-corrected chi connectivity index (χ1v) is 9.74. The third-order valence-electron chi connectivity index (χ3n) is 5.11. The zero-order chi connectivity index (χ0) is 20.9. The summed E-state index contributed by atoms with van der Waals surface area (Å²) in [6.45, 7) is 0. The number of hydrogen-bond donors (Lipinski definition) is 0. The minimum atomic E-state index is -0.262. The van der Waals surface area contributed by atoms with Gasteiger partial charge in [0.05, 0.1) is 31.7 Å². The molecule has 0 saturated heterocycles. The first-order chi connectivity index (χ1) is 14.7. The predicted octanol–water partition coefficient (Wildman–Crippen LogP) is 5.86. The van der Waals surface area contributed by atoms with E-state index in [4.69, 9.17) is 14.6 Å². The van der Waals surface area contributed by atoms with Crippen LogP contribution in [-0.4, -0.2) is 19.9 Å². The van der Waals surface area contributed by atoms with Gasteiger partial charge in [-0.15, -0.1) is 0 Å². The van der Waals surface area contributed by atoms with Gasteiger partial charge in [-0.05, 0) is 65.7 Å². The minimum absolute atomic E-state index is 0.0249. The van der Waals surface area contributed by atoms with E-state index >= 15 is 0 Å². The SMILES string of the molecule is COc1ccc(/C=C/C2=NN(c3ccc(F)cc3)[C@@H](c3ccc(OC)cc3)C2)cc1. The van der Waals surface area contributed by atoms with Gasteiger partial charge in [-0.25, -0.2) is 4.39 Å². The van der Waals surface area contributed by atoms with Gasteiger partial charge in [-0.1, -0.05) is 30.3 Å². The maximum absolute atomic E-state index is 13.4. The Bertz CT molecular complexity index is 1040. The molecule has 0 unspecified atom stereocenters. The number of methoxy groups -OCH3 is 2. The highest BCUT2D eigenvalue weighted by Gasteiger charge is 2.28. The van der Waals surface area contributed by atoms with Gasteiger partial charge in [0, 0.05) is 6.42 Å². The van der Waals surface area contributed by atoms with Crippen LogP contribution in [-0.2, 0) is 0 Å². The fourth-order valence-corrected chi connectivity index (χ4v) is 3.46. The Balaban J connectivity index is 1.61. The van der Waals surface area contributed by atoms with Crippen LogP contribution in [0.5, 0.6) is 11.5 Å². The van der Waals surface area contributed by atoms with Crippen LogP contribution in [0.2, 0.25) is 0 Å². The van der Waals surface area contributed by atoms with E-state index in [1.54, 1.807) is 26.4 Å². The van der Waals surface area contributed by atoms with Crippen LogP contribution in [0.15, 0.2) is 84.0 Å². The monoisotopic (exact) mass is 402 g/mol. The molecule has 1 atom stereocenters. The van der Waals surface area contributed by atoms with E-state index < -0.39 is 0 Å². The Kier molecular flexibility index (Phi) is 5.80. The van der Waals surface area contributed by atoms with Gasteiger partial charge in [-0.2, -0.15) is 5.10 Å². The molecule has 152 valence electrons. The molecule has 0 bridgehead atoms. The lowest BCUT2D eigenvalue weighted by molar-refractivity contribution is 0.414. The number of anilines is 1. The molecule has 1 heterocycles. The summed E-state index contributed by atoms with van der Waals surface area (Å²) >= 11 is 0. The normalized spacial score (nSPS) is 16.0. The van der Waals surface area contributed by atoms with Gasteiger partial charge in [0.1, 0.15) is 17.3 Å². The summed E-state index contributed by atoms with van der Waals surface area (Å²) in [6.07, 6.45) is 4.82. The van der Waals surface area contributed by atoms with E-state index in [1.807, 2.05) is 65.7 Å². The zero-order valence-corrected chi connectivity index (χ0v) is 17.0. The van der Waals surface area contributed by atoms with Gasteiger partial charge in [-0.3, -0.25) is 5.01 Å². The summed E-state index contributed by atoms with van der Waals surface area (Å²) in [4.78, 5) is 0. The number of rotatable bonds is 6. The molecule has 5 heteroatoms. The van der Waals surface area contributed by atoms with Crippen LogP contribution in [0.4, 0.5) is 10.1 Å². The summed E-state index contributed by atoms with van der Waals surface area (Å²) in [5.41, 5.74) is 4.00. The Morgan fingerprint density at radius 1 is 0.833 bits per heavy atom. The first kappa shape index (κ1) is 19.7. The van der Waals surface area contributed by atoms with E-state index in [2.05, 4.69) is 0 Å². The van der Waals surface area contributed by atoms with Crippen LogP contribution in [0.25, 0.3) is 6.08 Å². The number of benzene rings is 3. The maximum Gasteiger partial charge on any atom is 0.123 e. The summed E-state index contributed by atoms with van der Waals surface area (Å²) < 4.78 is 23.9. The molecule has 0 radical (unpaired) electrons. The standard InChI is InChI=1S/C25H23FN2O2/c1-29-23-13-4-18(5-14-23)3-10-21-17-25(19-6-15-24(30-2)16-7-19)28(27-21)22-11-8-20(26)9-12-22/h3-16,25H,17H2,1-2H3/b10-3+/t25-/m1/s1. The van der Waals surface area contributed by atoms with E-state index in [1.165, 1.54) is 12.1 Å². The lowest BCUT2D eigenvalue weighted by Crippen LogP contribution is -2.18. The average Bonchev–Trinajstić information content (AvgIpc) is 3.23. The van der Waals surface area contributed by atoms with Crippen LogP contribution in [0.1, 0.15) is 23.6 Å². The number of nitrogens with zero attached hydrogens (tertiary/aromatic N) is 2. The molecule has 0 aliphatic carbocycles. The highest BCUT2D eigenvalue weighted by Crippen LogP contribution is 2.36. The lowest BCUT2D eigenvalue weighted by Gasteiger charge is -2.24. The molecule has 0 saturated carbocycles. The van der Waals surface area contributed by atoms with Crippen LogP contribution < -0.4 is 14.5 Å². The minimum Gasteiger partial charge on any atom is -0.497 e. The Labute approximate surface area is 175 Å². The third-order valence-corrected chi connectivity index (χ3v) is 5.11. The highest BCUT2D eigenvalue weighted by atomic mass is 19.1.